The van der Waals surface area contributed by atoms with Gasteiger partial charge in [0.05, 0.1) is 19.7 Å². The number of aromatic nitrogens is 2. The lowest BCUT2D eigenvalue weighted by Gasteiger charge is -2.31. The molecule has 0 unspecified atom stereocenters. The Morgan fingerprint density at radius 1 is 1.07 bits per heavy atom. The molecule has 28 heavy (non-hydrogen) atoms. The number of carbonyl (C=O) groups excluding carboxylic acids is 1. The van der Waals surface area contributed by atoms with Crippen LogP contribution in [0.3, 0.4) is 0 Å². The van der Waals surface area contributed by atoms with Crippen molar-refractivity contribution in [2.24, 2.45) is 0 Å². The number of fused-ring (bicyclic) bond motifs is 2. The molecule has 144 valence electrons. The van der Waals surface area contributed by atoms with Gasteiger partial charge in [-0.05, 0) is 35.7 Å². The fraction of sp³-hybridized carbons (Fsp3) is 0.286. The maximum atomic E-state index is 11.4. The zero-order valence-corrected chi connectivity index (χ0v) is 16.2. The molecule has 1 N–H and O–H groups in total. The molecule has 1 aliphatic rings. The zero-order valence-electron chi connectivity index (χ0n) is 16.2. The average molecular weight is 378 g/mol. The number of ether oxygens (including phenoxy) is 2. The summed E-state index contributed by atoms with van der Waals surface area (Å²) in [6.45, 7) is 3.08. The van der Waals surface area contributed by atoms with Crippen LogP contribution in [0.25, 0.3) is 10.9 Å². The number of methoxy groups -OCH3 is 2. The van der Waals surface area contributed by atoms with Crippen molar-refractivity contribution < 1.29 is 14.3 Å². The van der Waals surface area contributed by atoms with Crippen LogP contribution in [-0.4, -0.2) is 36.6 Å². The Bertz CT molecular complexity index is 1050. The summed E-state index contributed by atoms with van der Waals surface area (Å²) in [6.07, 6.45) is 2.49. The minimum absolute atomic E-state index is 0.0737. The summed E-state index contributed by atoms with van der Waals surface area (Å²) in [5, 5.41) is 3.77. The predicted molar refractivity (Wildman–Crippen MR) is 108 cm³/mol. The standard InChI is InChI=1S/C21H22N4O3/c1-13(26)24-16-5-4-14-6-7-25(11-15(14)8-16)21-17-9-19(27-2)20(28-3)10-18(17)22-12-23-21/h4-5,8-10,12H,6-7,11H2,1-3H3,(H,24,26). The fourth-order valence-electron chi connectivity index (χ4n) is 3.64. The molecule has 1 amide bonds. The summed E-state index contributed by atoms with van der Waals surface area (Å²) in [6, 6.07) is 9.87. The summed E-state index contributed by atoms with van der Waals surface area (Å²) in [4.78, 5) is 22.5. The number of benzene rings is 2. The van der Waals surface area contributed by atoms with Gasteiger partial charge in [-0.25, -0.2) is 9.97 Å². The second-order valence-corrected chi connectivity index (χ2v) is 6.76. The Morgan fingerprint density at radius 3 is 2.61 bits per heavy atom. The Labute approximate surface area is 163 Å². The van der Waals surface area contributed by atoms with Crippen molar-refractivity contribution in [2.45, 2.75) is 19.9 Å². The average Bonchev–Trinajstić information content (AvgIpc) is 2.71. The second kappa shape index (κ2) is 7.34. The van der Waals surface area contributed by atoms with Crippen molar-refractivity contribution in [2.75, 3.05) is 31.0 Å². The molecule has 1 aliphatic heterocycles. The minimum Gasteiger partial charge on any atom is -0.493 e. The number of nitrogens with one attached hydrogen (secondary N) is 1. The molecule has 0 fully saturated rings. The highest BCUT2D eigenvalue weighted by molar-refractivity contribution is 5.92. The smallest absolute Gasteiger partial charge is 0.221 e. The summed E-state index contributed by atoms with van der Waals surface area (Å²) >= 11 is 0. The topological polar surface area (TPSA) is 76.6 Å². The Balaban J connectivity index is 1.72. The molecule has 0 saturated carbocycles. The number of amides is 1. The van der Waals surface area contributed by atoms with Crippen LogP contribution in [-0.2, 0) is 17.8 Å². The molecule has 2 heterocycles. The van der Waals surface area contributed by atoms with Gasteiger partial charge in [0.25, 0.3) is 0 Å². The quantitative estimate of drug-likeness (QED) is 0.751. The molecule has 3 aromatic rings. The Kier molecular flexibility index (Phi) is 4.73. The highest BCUT2D eigenvalue weighted by atomic mass is 16.5. The van der Waals surface area contributed by atoms with Crippen LogP contribution in [0.2, 0.25) is 0 Å². The lowest BCUT2D eigenvalue weighted by atomic mass is 9.98. The van der Waals surface area contributed by atoms with Crippen molar-refractivity contribution in [1.29, 1.82) is 0 Å². The normalized spacial score (nSPS) is 13.2. The van der Waals surface area contributed by atoms with Gasteiger partial charge in [0.15, 0.2) is 11.5 Å². The predicted octanol–water partition coefficient (Wildman–Crippen LogP) is 3.17. The van der Waals surface area contributed by atoms with E-state index in [1.54, 1.807) is 20.5 Å². The highest BCUT2D eigenvalue weighted by Crippen LogP contribution is 2.36. The molecule has 7 heteroatoms. The molecular weight excluding hydrogens is 356 g/mol. The van der Waals surface area contributed by atoms with E-state index in [0.717, 1.165) is 35.4 Å². The van der Waals surface area contributed by atoms with Crippen LogP contribution in [0.1, 0.15) is 18.1 Å². The summed E-state index contributed by atoms with van der Waals surface area (Å²) in [5.41, 5.74) is 4.10. The van der Waals surface area contributed by atoms with E-state index in [1.807, 2.05) is 24.3 Å². The van der Waals surface area contributed by atoms with Gasteiger partial charge in [-0.3, -0.25) is 4.79 Å². The number of hydrogen-bond donors (Lipinski definition) is 1. The molecule has 0 saturated heterocycles. The Morgan fingerprint density at radius 2 is 1.86 bits per heavy atom. The molecule has 2 aromatic carbocycles. The number of nitrogens with zero attached hydrogens (tertiary/aromatic N) is 3. The second-order valence-electron chi connectivity index (χ2n) is 6.76. The van der Waals surface area contributed by atoms with Crippen molar-refractivity contribution >= 4 is 28.3 Å². The van der Waals surface area contributed by atoms with Crippen LogP contribution in [0.4, 0.5) is 11.5 Å². The number of rotatable bonds is 4. The molecule has 4 rings (SSSR count). The van der Waals surface area contributed by atoms with Crippen LogP contribution < -0.4 is 19.7 Å². The third kappa shape index (κ3) is 3.31. The van der Waals surface area contributed by atoms with Gasteiger partial charge in [0.1, 0.15) is 12.1 Å². The maximum Gasteiger partial charge on any atom is 0.221 e. The third-order valence-corrected chi connectivity index (χ3v) is 4.96. The van der Waals surface area contributed by atoms with Gasteiger partial charge >= 0.3 is 0 Å². The summed E-state index contributed by atoms with van der Waals surface area (Å²) < 4.78 is 10.8. The van der Waals surface area contributed by atoms with E-state index in [1.165, 1.54) is 18.1 Å². The van der Waals surface area contributed by atoms with Crippen LogP contribution >= 0.6 is 0 Å². The SMILES string of the molecule is COc1cc2ncnc(N3CCc4ccc(NC(C)=O)cc4C3)c2cc1OC. The first kappa shape index (κ1) is 18.0. The zero-order chi connectivity index (χ0) is 19.7. The highest BCUT2D eigenvalue weighted by Gasteiger charge is 2.21. The molecule has 7 nitrogen and oxygen atoms in total. The van der Waals surface area contributed by atoms with Gasteiger partial charge in [-0.15, -0.1) is 0 Å². The first-order chi connectivity index (χ1) is 13.6. The molecule has 0 spiro atoms. The largest absolute Gasteiger partial charge is 0.493 e. The van der Waals surface area contributed by atoms with E-state index in [2.05, 4.69) is 26.3 Å². The number of carbonyl (C=O) groups is 1. The minimum atomic E-state index is -0.0737. The Hall–Kier alpha value is -3.35. The molecular formula is C21H22N4O3. The molecule has 0 radical (unpaired) electrons. The lowest BCUT2D eigenvalue weighted by Crippen LogP contribution is -2.31. The fourth-order valence-corrected chi connectivity index (χ4v) is 3.64. The maximum absolute atomic E-state index is 11.4. The van der Waals surface area contributed by atoms with Crippen LogP contribution in [0.5, 0.6) is 11.5 Å². The van der Waals surface area contributed by atoms with Gasteiger partial charge in [-0.2, -0.15) is 0 Å². The van der Waals surface area contributed by atoms with E-state index in [9.17, 15) is 4.79 Å². The van der Waals surface area contributed by atoms with E-state index in [-0.39, 0.29) is 5.91 Å². The molecule has 0 atom stereocenters. The molecule has 1 aromatic heterocycles. The molecule has 0 aliphatic carbocycles. The van der Waals surface area contributed by atoms with Crippen molar-refractivity contribution in [1.82, 2.24) is 9.97 Å². The van der Waals surface area contributed by atoms with Crippen molar-refractivity contribution in [3.63, 3.8) is 0 Å². The van der Waals surface area contributed by atoms with Gasteiger partial charge in [0.2, 0.25) is 5.91 Å². The van der Waals surface area contributed by atoms with Gasteiger partial charge in [-0.1, -0.05) is 6.07 Å². The van der Waals surface area contributed by atoms with E-state index >= 15 is 0 Å². The third-order valence-electron chi connectivity index (χ3n) is 4.96. The van der Waals surface area contributed by atoms with Gasteiger partial charge in [0, 0.05) is 37.2 Å². The van der Waals surface area contributed by atoms with Crippen molar-refractivity contribution in [3.05, 3.63) is 47.8 Å². The first-order valence-electron chi connectivity index (χ1n) is 9.10. The number of anilines is 2. The van der Waals surface area contributed by atoms with Crippen molar-refractivity contribution in [3.8, 4) is 11.5 Å². The first-order valence-corrected chi connectivity index (χ1v) is 9.10. The summed E-state index contributed by atoms with van der Waals surface area (Å²) in [5.74, 6) is 2.08. The summed E-state index contributed by atoms with van der Waals surface area (Å²) in [7, 11) is 3.23. The van der Waals surface area contributed by atoms with E-state index in [4.69, 9.17) is 9.47 Å². The number of hydrogen-bond acceptors (Lipinski definition) is 6. The van der Waals surface area contributed by atoms with Crippen LogP contribution in [0.15, 0.2) is 36.7 Å². The van der Waals surface area contributed by atoms with Gasteiger partial charge < -0.3 is 19.7 Å². The monoisotopic (exact) mass is 378 g/mol. The van der Waals surface area contributed by atoms with Crippen LogP contribution in [0, 0.1) is 0 Å². The lowest BCUT2D eigenvalue weighted by molar-refractivity contribution is -0.114. The van der Waals surface area contributed by atoms with E-state index in [0.29, 0.717) is 18.0 Å². The van der Waals surface area contributed by atoms with E-state index < -0.39 is 0 Å². The molecule has 0 bridgehead atoms.